The van der Waals surface area contributed by atoms with E-state index in [-0.39, 0.29) is 18.4 Å². The molecule has 0 aromatic heterocycles. The fraction of sp³-hybridized carbons (Fsp3) is 0.577. The second-order valence-electron chi connectivity index (χ2n) is 9.68. The maximum Gasteiger partial charge on any atom is 0.408 e. The monoisotopic (exact) mass is 500 g/mol. The fourth-order valence-corrected chi connectivity index (χ4v) is 4.20. The number of ether oxygens (including phenoxy) is 1. The molecular formula is C26H36N4O6. The van der Waals surface area contributed by atoms with Gasteiger partial charge in [0.25, 0.3) is 0 Å². The van der Waals surface area contributed by atoms with Crippen molar-refractivity contribution in [3.63, 3.8) is 0 Å². The number of nitrogens with one attached hydrogen (secondary N) is 2. The number of nitriles is 1. The molecule has 0 radical (unpaired) electrons. The van der Waals surface area contributed by atoms with Crippen LogP contribution < -0.4 is 10.6 Å². The molecule has 1 aromatic rings. The van der Waals surface area contributed by atoms with E-state index < -0.39 is 48.1 Å². The van der Waals surface area contributed by atoms with E-state index in [0.29, 0.717) is 25.7 Å². The molecule has 196 valence electrons. The molecule has 1 aliphatic rings. The Morgan fingerprint density at radius 3 is 2.39 bits per heavy atom. The van der Waals surface area contributed by atoms with Gasteiger partial charge in [-0.05, 0) is 30.2 Å². The Morgan fingerprint density at radius 2 is 1.83 bits per heavy atom. The summed E-state index contributed by atoms with van der Waals surface area (Å²) < 4.78 is 5.26. The van der Waals surface area contributed by atoms with Gasteiger partial charge in [-0.2, -0.15) is 5.26 Å². The number of aldehydes is 1. The number of hydrogen-bond acceptors (Lipinski definition) is 7. The van der Waals surface area contributed by atoms with E-state index in [1.807, 2.05) is 30.3 Å². The Morgan fingerprint density at radius 1 is 1.17 bits per heavy atom. The van der Waals surface area contributed by atoms with E-state index in [9.17, 15) is 24.3 Å². The van der Waals surface area contributed by atoms with Gasteiger partial charge in [-0.25, -0.2) is 4.79 Å². The van der Waals surface area contributed by atoms with Crippen molar-refractivity contribution >= 4 is 24.2 Å². The lowest BCUT2D eigenvalue weighted by atomic mass is 9.90. The maximum atomic E-state index is 13.4. The average Bonchev–Trinajstić information content (AvgIpc) is 3.35. The van der Waals surface area contributed by atoms with Crippen LogP contribution in [0.5, 0.6) is 0 Å². The molecular weight excluding hydrogens is 464 g/mol. The summed E-state index contributed by atoms with van der Waals surface area (Å²) in [5, 5.41) is 25.0. The number of carbonyl (C=O) groups is 4. The predicted octanol–water partition coefficient (Wildman–Crippen LogP) is 1.77. The van der Waals surface area contributed by atoms with Gasteiger partial charge >= 0.3 is 6.09 Å². The van der Waals surface area contributed by atoms with E-state index in [4.69, 9.17) is 10.00 Å². The first-order chi connectivity index (χ1) is 17.1. The first-order valence-corrected chi connectivity index (χ1v) is 12.2. The number of rotatable bonds is 11. The molecule has 2 unspecified atom stereocenters. The summed E-state index contributed by atoms with van der Waals surface area (Å²) in [6.45, 7) is 7.49. The van der Waals surface area contributed by atoms with E-state index in [1.165, 1.54) is 4.90 Å². The molecule has 0 spiro atoms. The number of carbonyl (C=O) groups excluding carboxylic acids is 4. The number of alkyl carbamates (subject to hydrolysis) is 1. The van der Waals surface area contributed by atoms with Crippen LogP contribution >= 0.6 is 0 Å². The fourth-order valence-electron chi connectivity index (χ4n) is 4.20. The summed E-state index contributed by atoms with van der Waals surface area (Å²) in [6, 6.07) is 8.35. The van der Waals surface area contributed by atoms with E-state index >= 15 is 0 Å². The quantitative estimate of drug-likeness (QED) is 0.392. The van der Waals surface area contributed by atoms with Crippen LogP contribution in [0.3, 0.4) is 0 Å². The van der Waals surface area contributed by atoms with Crippen LogP contribution in [0.2, 0.25) is 0 Å². The van der Waals surface area contributed by atoms with E-state index in [0.717, 1.165) is 5.56 Å². The SMILES string of the molecule is CC(C)[C@H](NC(=O)[C@@H]1CCCN1C(=O)[C@@H](NC(=O)OCc1ccccc1)C(C)C)C(O)C(C#N)C=O. The smallest absolute Gasteiger partial charge is 0.408 e. The standard InChI is InChI=1S/C26H36N4O6/c1-16(2)21(23(32)19(13-27)14-31)28-24(33)20-11-8-12-30(20)25(34)22(17(3)4)29-26(35)36-15-18-9-6-5-7-10-18/h5-7,9-10,14,16-17,19-23,32H,8,11-12,15H2,1-4H3,(H,28,33)(H,29,35)/t19?,20-,21-,22-,23?/m0/s1. The Labute approximate surface area is 212 Å². The lowest BCUT2D eigenvalue weighted by Gasteiger charge is -2.33. The second kappa shape index (κ2) is 13.6. The van der Waals surface area contributed by atoms with Gasteiger partial charge in [0.15, 0.2) is 0 Å². The minimum Gasteiger partial charge on any atom is -0.445 e. The molecule has 5 atom stereocenters. The maximum absolute atomic E-state index is 13.4. The summed E-state index contributed by atoms with van der Waals surface area (Å²) in [4.78, 5) is 51.6. The molecule has 0 bridgehead atoms. The van der Waals surface area contributed by atoms with Gasteiger partial charge in [-0.3, -0.25) is 9.59 Å². The van der Waals surface area contributed by atoms with Gasteiger partial charge in [0.2, 0.25) is 11.8 Å². The molecule has 10 nitrogen and oxygen atoms in total. The highest BCUT2D eigenvalue weighted by Gasteiger charge is 2.40. The summed E-state index contributed by atoms with van der Waals surface area (Å²) >= 11 is 0. The third-order valence-corrected chi connectivity index (χ3v) is 6.32. The van der Waals surface area contributed by atoms with Crippen LogP contribution in [0.15, 0.2) is 30.3 Å². The van der Waals surface area contributed by atoms with Crippen LogP contribution in [0.25, 0.3) is 0 Å². The van der Waals surface area contributed by atoms with Gasteiger partial charge < -0.3 is 30.2 Å². The Bertz CT molecular complexity index is 946. The second-order valence-corrected chi connectivity index (χ2v) is 9.68. The van der Waals surface area contributed by atoms with Crippen molar-refractivity contribution in [2.45, 2.75) is 71.4 Å². The molecule has 3 amide bonds. The number of amides is 3. The van der Waals surface area contributed by atoms with Gasteiger partial charge in [-0.15, -0.1) is 0 Å². The molecule has 10 heteroatoms. The number of nitrogens with zero attached hydrogens (tertiary/aromatic N) is 2. The Hall–Kier alpha value is -3.45. The molecule has 1 aliphatic heterocycles. The van der Waals surface area contributed by atoms with Crippen LogP contribution in [-0.4, -0.2) is 65.0 Å². The third kappa shape index (κ3) is 7.52. The number of aliphatic hydroxyl groups is 1. The molecule has 36 heavy (non-hydrogen) atoms. The highest BCUT2D eigenvalue weighted by molar-refractivity contribution is 5.92. The summed E-state index contributed by atoms with van der Waals surface area (Å²) in [6.07, 6.45) is -0.751. The lowest BCUT2D eigenvalue weighted by molar-refractivity contribution is -0.141. The summed E-state index contributed by atoms with van der Waals surface area (Å²) in [7, 11) is 0. The van der Waals surface area contributed by atoms with E-state index in [1.54, 1.807) is 33.8 Å². The van der Waals surface area contributed by atoms with Crippen molar-refractivity contribution in [1.82, 2.24) is 15.5 Å². The average molecular weight is 501 g/mol. The van der Waals surface area contributed by atoms with Gasteiger partial charge in [0.1, 0.15) is 30.9 Å². The number of benzene rings is 1. The molecule has 3 N–H and O–H groups in total. The van der Waals surface area contributed by atoms with Crippen molar-refractivity contribution in [3.8, 4) is 6.07 Å². The normalized spacial score (nSPS) is 18.6. The third-order valence-electron chi connectivity index (χ3n) is 6.32. The Kier molecular flexibility index (Phi) is 10.9. The van der Waals surface area contributed by atoms with Crippen LogP contribution in [0, 0.1) is 29.1 Å². The van der Waals surface area contributed by atoms with Crippen LogP contribution in [-0.2, 0) is 25.7 Å². The molecule has 0 aliphatic carbocycles. The highest BCUT2D eigenvalue weighted by atomic mass is 16.5. The zero-order valence-electron chi connectivity index (χ0n) is 21.2. The minimum atomic E-state index is -1.38. The van der Waals surface area contributed by atoms with Gasteiger partial charge in [-0.1, -0.05) is 58.0 Å². The summed E-state index contributed by atoms with van der Waals surface area (Å²) in [5.74, 6) is -2.69. The van der Waals surface area contributed by atoms with E-state index in [2.05, 4.69) is 10.6 Å². The zero-order valence-corrected chi connectivity index (χ0v) is 21.2. The molecule has 1 aromatic carbocycles. The largest absolute Gasteiger partial charge is 0.445 e. The van der Waals surface area contributed by atoms with Gasteiger partial charge in [0.05, 0.1) is 18.2 Å². The van der Waals surface area contributed by atoms with Crippen molar-refractivity contribution < 1.29 is 29.0 Å². The van der Waals surface area contributed by atoms with Crippen molar-refractivity contribution in [3.05, 3.63) is 35.9 Å². The first-order valence-electron chi connectivity index (χ1n) is 12.2. The van der Waals surface area contributed by atoms with Crippen LogP contribution in [0.4, 0.5) is 4.79 Å². The molecule has 1 heterocycles. The number of aliphatic hydroxyl groups excluding tert-OH is 1. The lowest BCUT2D eigenvalue weighted by Crippen LogP contribution is -2.58. The number of hydrogen-bond donors (Lipinski definition) is 3. The zero-order chi connectivity index (χ0) is 26.8. The summed E-state index contributed by atoms with van der Waals surface area (Å²) in [5.41, 5.74) is 0.812. The highest BCUT2D eigenvalue weighted by Crippen LogP contribution is 2.22. The van der Waals surface area contributed by atoms with Crippen molar-refractivity contribution in [2.24, 2.45) is 17.8 Å². The molecule has 1 saturated heterocycles. The minimum absolute atomic E-state index is 0.0593. The predicted molar refractivity (Wildman–Crippen MR) is 131 cm³/mol. The van der Waals surface area contributed by atoms with Gasteiger partial charge in [0, 0.05) is 6.54 Å². The molecule has 1 fully saturated rings. The molecule has 0 saturated carbocycles. The van der Waals surface area contributed by atoms with Crippen molar-refractivity contribution in [1.29, 1.82) is 5.26 Å². The topological polar surface area (TPSA) is 149 Å². The molecule has 2 rings (SSSR count). The Balaban J connectivity index is 2.08. The number of likely N-dealkylation sites (tertiary alicyclic amines) is 1. The van der Waals surface area contributed by atoms with Crippen molar-refractivity contribution in [2.75, 3.05) is 6.54 Å². The van der Waals surface area contributed by atoms with Crippen LogP contribution in [0.1, 0.15) is 46.1 Å². The first kappa shape index (κ1) is 28.8.